The minimum atomic E-state index is 0.287. The van der Waals surface area contributed by atoms with Crippen molar-refractivity contribution in [2.45, 2.75) is 39.7 Å². The van der Waals surface area contributed by atoms with Gasteiger partial charge in [-0.15, -0.1) is 11.3 Å². The number of nitrogens with two attached hydrogens (primary N) is 1. The first kappa shape index (κ1) is 16.9. The first-order chi connectivity index (χ1) is 9.65. The number of aryl methyl sites for hydroxylation is 1. The van der Waals surface area contributed by atoms with E-state index in [2.05, 4.69) is 41.7 Å². The lowest BCUT2D eigenvalue weighted by molar-refractivity contribution is 0.146. The molecule has 6 heteroatoms. The second-order valence-corrected chi connectivity index (χ2v) is 6.06. The van der Waals surface area contributed by atoms with Crippen molar-refractivity contribution in [2.75, 3.05) is 19.8 Å². The number of hydrazine groups is 1. The van der Waals surface area contributed by atoms with Gasteiger partial charge in [0.15, 0.2) is 0 Å². The number of rotatable bonds is 8. The van der Waals surface area contributed by atoms with Crippen LogP contribution in [0.25, 0.3) is 0 Å². The predicted octanol–water partition coefficient (Wildman–Crippen LogP) is 1.82. The van der Waals surface area contributed by atoms with Crippen LogP contribution in [0.4, 0.5) is 0 Å². The number of thiophene rings is 1. The molecule has 0 amide bonds. The zero-order valence-electron chi connectivity index (χ0n) is 12.6. The number of ether oxygens (including phenoxy) is 1. The number of guanidine groups is 1. The van der Waals surface area contributed by atoms with Gasteiger partial charge in [0, 0.05) is 42.0 Å². The second-order valence-electron chi connectivity index (χ2n) is 4.69. The van der Waals surface area contributed by atoms with Crippen LogP contribution in [0.3, 0.4) is 0 Å². The van der Waals surface area contributed by atoms with Gasteiger partial charge >= 0.3 is 0 Å². The maximum atomic E-state index is 5.49. The Morgan fingerprint density at radius 2 is 2.30 bits per heavy atom. The van der Waals surface area contributed by atoms with Crippen molar-refractivity contribution in [3.8, 4) is 0 Å². The first-order valence-corrected chi connectivity index (χ1v) is 7.88. The van der Waals surface area contributed by atoms with Gasteiger partial charge in [0.2, 0.25) is 5.96 Å². The van der Waals surface area contributed by atoms with Gasteiger partial charge in [-0.05, 0) is 39.3 Å². The van der Waals surface area contributed by atoms with Gasteiger partial charge in [-0.25, -0.2) is 5.84 Å². The van der Waals surface area contributed by atoms with Crippen molar-refractivity contribution >= 4 is 17.3 Å². The fourth-order valence-corrected chi connectivity index (χ4v) is 2.83. The zero-order valence-corrected chi connectivity index (χ0v) is 13.4. The van der Waals surface area contributed by atoms with Crippen molar-refractivity contribution in [1.29, 1.82) is 0 Å². The Morgan fingerprint density at radius 3 is 2.90 bits per heavy atom. The van der Waals surface area contributed by atoms with Gasteiger partial charge in [-0.3, -0.25) is 10.4 Å². The third-order valence-electron chi connectivity index (χ3n) is 2.74. The summed E-state index contributed by atoms with van der Waals surface area (Å²) in [5, 5.41) is 3.30. The highest BCUT2D eigenvalue weighted by atomic mass is 32.1. The SMILES string of the molecule is CCOCCCN=C(NN)NC(C)Cc1ccc(C)s1. The molecule has 0 bridgehead atoms. The van der Waals surface area contributed by atoms with Gasteiger partial charge in [0.05, 0.1) is 0 Å². The minimum Gasteiger partial charge on any atom is -0.382 e. The van der Waals surface area contributed by atoms with Crippen molar-refractivity contribution in [2.24, 2.45) is 10.8 Å². The maximum absolute atomic E-state index is 5.49. The fourth-order valence-electron chi connectivity index (χ4n) is 1.82. The van der Waals surface area contributed by atoms with Crippen LogP contribution >= 0.6 is 11.3 Å². The van der Waals surface area contributed by atoms with Gasteiger partial charge < -0.3 is 10.1 Å². The van der Waals surface area contributed by atoms with Crippen LogP contribution < -0.4 is 16.6 Å². The molecule has 0 aliphatic carbocycles. The van der Waals surface area contributed by atoms with E-state index in [1.165, 1.54) is 9.75 Å². The van der Waals surface area contributed by atoms with Gasteiger partial charge in [0.25, 0.3) is 0 Å². The average molecular weight is 298 g/mol. The number of hydrogen-bond acceptors (Lipinski definition) is 4. The quantitative estimate of drug-likeness (QED) is 0.225. The smallest absolute Gasteiger partial charge is 0.205 e. The highest BCUT2D eigenvalue weighted by Gasteiger charge is 2.07. The van der Waals surface area contributed by atoms with Crippen LogP contribution in [0.5, 0.6) is 0 Å². The number of hydrogen-bond donors (Lipinski definition) is 3. The molecule has 5 nitrogen and oxygen atoms in total. The third-order valence-corrected chi connectivity index (χ3v) is 3.77. The van der Waals surface area contributed by atoms with E-state index in [1.807, 2.05) is 18.3 Å². The summed E-state index contributed by atoms with van der Waals surface area (Å²) in [7, 11) is 0. The molecule has 0 saturated carbocycles. The Kier molecular flexibility index (Phi) is 8.25. The number of nitrogens with one attached hydrogen (secondary N) is 2. The first-order valence-electron chi connectivity index (χ1n) is 7.06. The molecule has 1 aromatic heterocycles. The van der Waals surface area contributed by atoms with Crippen molar-refractivity contribution in [3.05, 3.63) is 21.9 Å². The molecule has 114 valence electrons. The summed E-state index contributed by atoms with van der Waals surface area (Å²) in [6.07, 6.45) is 1.87. The van der Waals surface area contributed by atoms with E-state index in [1.54, 1.807) is 0 Å². The fraction of sp³-hybridized carbons (Fsp3) is 0.643. The molecule has 1 rings (SSSR count). The Bertz CT molecular complexity index is 406. The lowest BCUT2D eigenvalue weighted by atomic mass is 10.2. The summed E-state index contributed by atoms with van der Waals surface area (Å²) < 4.78 is 5.27. The molecular weight excluding hydrogens is 272 g/mol. The van der Waals surface area contributed by atoms with E-state index < -0.39 is 0 Å². The van der Waals surface area contributed by atoms with Crippen molar-refractivity contribution < 1.29 is 4.74 Å². The largest absolute Gasteiger partial charge is 0.382 e. The normalized spacial score (nSPS) is 13.3. The third kappa shape index (κ3) is 6.88. The Labute approximate surface area is 125 Å². The van der Waals surface area contributed by atoms with Crippen molar-refractivity contribution in [3.63, 3.8) is 0 Å². The molecule has 1 atom stereocenters. The standard InChI is InChI=1S/C14H26N4OS/c1-4-19-9-5-8-16-14(18-15)17-11(2)10-13-7-6-12(3)20-13/h6-7,11H,4-5,8-10,15H2,1-3H3,(H2,16,17,18). The maximum Gasteiger partial charge on any atom is 0.205 e. The van der Waals surface area contributed by atoms with Crippen LogP contribution in [0.2, 0.25) is 0 Å². The van der Waals surface area contributed by atoms with E-state index in [9.17, 15) is 0 Å². The molecular formula is C14H26N4OS. The molecule has 20 heavy (non-hydrogen) atoms. The monoisotopic (exact) mass is 298 g/mol. The molecule has 0 radical (unpaired) electrons. The van der Waals surface area contributed by atoms with Gasteiger partial charge in [-0.2, -0.15) is 0 Å². The van der Waals surface area contributed by atoms with Crippen LogP contribution in [-0.2, 0) is 11.2 Å². The van der Waals surface area contributed by atoms with Gasteiger partial charge in [-0.1, -0.05) is 0 Å². The molecule has 0 spiro atoms. The Hall–Kier alpha value is -1.11. The molecule has 1 aromatic rings. The summed E-state index contributed by atoms with van der Waals surface area (Å²) in [4.78, 5) is 7.11. The summed E-state index contributed by atoms with van der Waals surface area (Å²) in [6, 6.07) is 4.61. The lowest BCUT2D eigenvalue weighted by Crippen LogP contribution is -2.46. The summed E-state index contributed by atoms with van der Waals surface area (Å²) in [6.45, 7) is 8.44. The molecule has 0 aromatic carbocycles. The summed E-state index contributed by atoms with van der Waals surface area (Å²) in [5.74, 6) is 6.13. The highest BCUT2D eigenvalue weighted by Crippen LogP contribution is 2.16. The molecule has 0 fully saturated rings. The molecule has 0 aliphatic heterocycles. The average Bonchev–Trinajstić information content (AvgIpc) is 2.82. The van der Waals surface area contributed by atoms with Crippen LogP contribution in [-0.4, -0.2) is 31.8 Å². The molecule has 4 N–H and O–H groups in total. The predicted molar refractivity (Wildman–Crippen MR) is 86.1 cm³/mol. The van der Waals surface area contributed by atoms with Crippen molar-refractivity contribution in [1.82, 2.24) is 10.7 Å². The molecule has 1 unspecified atom stereocenters. The van der Waals surface area contributed by atoms with Crippen LogP contribution in [0, 0.1) is 6.92 Å². The van der Waals surface area contributed by atoms with E-state index in [0.29, 0.717) is 12.5 Å². The van der Waals surface area contributed by atoms with Crippen LogP contribution in [0.15, 0.2) is 17.1 Å². The number of nitrogens with zero attached hydrogens (tertiary/aromatic N) is 1. The Morgan fingerprint density at radius 1 is 1.50 bits per heavy atom. The minimum absolute atomic E-state index is 0.287. The second kappa shape index (κ2) is 9.74. The Balaban J connectivity index is 2.32. The summed E-state index contributed by atoms with van der Waals surface area (Å²) in [5.41, 5.74) is 2.62. The highest BCUT2D eigenvalue weighted by molar-refractivity contribution is 7.11. The van der Waals surface area contributed by atoms with E-state index in [0.717, 1.165) is 26.1 Å². The molecule has 1 heterocycles. The van der Waals surface area contributed by atoms with Gasteiger partial charge in [0.1, 0.15) is 0 Å². The summed E-state index contributed by atoms with van der Waals surface area (Å²) >= 11 is 1.83. The molecule has 0 aliphatic rings. The van der Waals surface area contributed by atoms with Crippen LogP contribution in [0.1, 0.15) is 30.0 Å². The molecule has 0 saturated heterocycles. The topological polar surface area (TPSA) is 71.7 Å². The lowest BCUT2D eigenvalue weighted by Gasteiger charge is -2.15. The number of aliphatic imine (C=N–C) groups is 1. The van der Waals surface area contributed by atoms with E-state index in [-0.39, 0.29) is 6.04 Å². The van der Waals surface area contributed by atoms with E-state index >= 15 is 0 Å². The zero-order chi connectivity index (χ0) is 14.8. The van der Waals surface area contributed by atoms with E-state index in [4.69, 9.17) is 10.6 Å².